The highest BCUT2D eigenvalue weighted by Crippen LogP contribution is 2.56. The second-order valence-corrected chi connectivity index (χ2v) is 17.6. The first kappa shape index (κ1) is 45.8. The number of nitrogens with zero attached hydrogens (tertiary/aromatic N) is 6. The SMILES string of the molecule is Cc1cc2c(cc1C)N(C(=O)CCc1ccccc1)c1c([nH]c(=O)[nH]c1=O)N2C[C@H](O)[C@H](O)[C@H](O)COP(=O)([O-])OP(=O)([O-])OC[C@H]1O[C@@H](n2cnc3c(N)ncnc32)[C@H](O)[C@@H]1O. The fourth-order valence-electron chi connectivity index (χ4n) is 7.05. The normalized spacial score (nSPS) is 21.9. The van der Waals surface area contributed by atoms with Crippen LogP contribution in [-0.2, 0) is 38.4 Å². The molecule has 5 heterocycles. The summed E-state index contributed by atoms with van der Waals surface area (Å²) in [5.41, 5.74) is 6.45. The number of fused-ring (bicyclic) bond motifs is 3. The van der Waals surface area contributed by atoms with Crippen molar-refractivity contribution in [2.75, 3.05) is 35.3 Å². The third kappa shape index (κ3) is 9.66. The van der Waals surface area contributed by atoms with Crippen LogP contribution in [0.3, 0.4) is 0 Å². The average molecular weight is 918 g/mol. The molecule has 2 aliphatic heterocycles. The largest absolute Gasteiger partial charge is 0.756 e. The van der Waals surface area contributed by atoms with Crippen molar-refractivity contribution in [2.24, 2.45) is 0 Å². The maximum Gasteiger partial charge on any atom is 0.327 e. The minimum Gasteiger partial charge on any atom is -0.756 e. The summed E-state index contributed by atoms with van der Waals surface area (Å²) >= 11 is 0. The molecule has 7 rings (SSSR count). The number of hydrogen-bond acceptors (Lipinski definition) is 21. The number of amides is 1. The van der Waals surface area contributed by atoms with Crippen LogP contribution < -0.4 is 36.6 Å². The van der Waals surface area contributed by atoms with Gasteiger partial charge in [0.15, 0.2) is 23.4 Å². The Bertz CT molecular complexity index is 2720. The Morgan fingerprint density at radius 3 is 2.35 bits per heavy atom. The Balaban J connectivity index is 0.996. The maximum atomic E-state index is 13.9. The summed E-state index contributed by atoms with van der Waals surface area (Å²) in [7, 11) is -11.8. The van der Waals surface area contributed by atoms with Crippen LogP contribution in [0.15, 0.2) is 64.7 Å². The van der Waals surface area contributed by atoms with E-state index in [1.165, 1.54) is 15.8 Å². The van der Waals surface area contributed by atoms with Crippen molar-refractivity contribution in [1.29, 1.82) is 0 Å². The van der Waals surface area contributed by atoms with Gasteiger partial charge in [-0.2, -0.15) is 0 Å². The van der Waals surface area contributed by atoms with Gasteiger partial charge in [0.1, 0.15) is 54.3 Å². The van der Waals surface area contributed by atoms with Crippen LogP contribution in [0, 0.1) is 13.8 Å². The summed E-state index contributed by atoms with van der Waals surface area (Å²) in [6.45, 7) is 0.403. The zero-order valence-electron chi connectivity index (χ0n) is 33.2. The van der Waals surface area contributed by atoms with Crippen LogP contribution in [0.4, 0.5) is 28.7 Å². The number of rotatable bonds is 16. The Labute approximate surface area is 355 Å². The van der Waals surface area contributed by atoms with E-state index >= 15 is 0 Å². The van der Waals surface area contributed by atoms with Gasteiger partial charge < -0.3 is 59.7 Å². The molecule has 3 aromatic heterocycles. The second-order valence-electron chi connectivity index (χ2n) is 14.7. The van der Waals surface area contributed by atoms with Crippen LogP contribution in [0.2, 0.25) is 0 Å². The highest BCUT2D eigenvalue weighted by Gasteiger charge is 2.45. The molecule has 0 spiro atoms. The summed E-state index contributed by atoms with van der Waals surface area (Å²) in [6, 6.07) is 12.4. The molecule has 9 atom stereocenters. The number of aliphatic hydroxyl groups is 5. The molecule has 0 aliphatic carbocycles. The van der Waals surface area contributed by atoms with E-state index in [4.69, 9.17) is 10.5 Å². The number of aromatic amines is 2. The van der Waals surface area contributed by atoms with Gasteiger partial charge in [0, 0.05) is 6.42 Å². The summed E-state index contributed by atoms with van der Waals surface area (Å²) in [6.07, 6.45) is -10.3. The fraction of sp³-hybridized carbons (Fsp3) is 0.389. The topological polar surface area (TPSA) is 377 Å². The molecule has 1 fully saturated rings. The molecule has 5 aromatic rings. The lowest BCUT2D eigenvalue weighted by molar-refractivity contribution is -0.247. The van der Waals surface area contributed by atoms with Gasteiger partial charge in [-0.3, -0.25) is 38.2 Å². The number of nitrogen functional groups attached to an aromatic ring is 1. The molecule has 2 aliphatic rings. The van der Waals surface area contributed by atoms with Crippen LogP contribution in [0.5, 0.6) is 0 Å². The summed E-state index contributed by atoms with van der Waals surface area (Å²) in [5, 5.41) is 53.9. The Hall–Kier alpha value is -5.24. The number of imidazole rings is 1. The van der Waals surface area contributed by atoms with Crippen molar-refractivity contribution >= 4 is 61.4 Å². The molecule has 0 saturated carbocycles. The van der Waals surface area contributed by atoms with Crippen molar-refractivity contribution in [1.82, 2.24) is 29.5 Å². The Kier molecular flexibility index (Phi) is 13.1. The molecule has 27 heteroatoms. The monoisotopic (exact) mass is 917 g/mol. The van der Waals surface area contributed by atoms with Gasteiger partial charge in [-0.15, -0.1) is 0 Å². The third-order valence-corrected chi connectivity index (χ3v) is 12.9. The van der Waals surface area contributed by atoms with E-state index in [2.05, 4.69) is 38.3 Å². The van der Waals surface area contributed by atoms with Crippen molar-refractivity contribution in [3.63, 3.8) is 0 Å². The predicted molar refractivity (Wildman–Crippen MR) is 214 cm³/mol. The number of β-amino-alcohol motifs (C(OH)–C–C–N with tert-alkyl or cyclic N) is 1. The molecule has 338 valence electrons. The highest BCUT2D eigenvalue weighted by molar-refractivity contribution is 7.59. The molecule has 25 nitrogen and oxygen atoms in total. The molecule has 1 saturated heterocycles. The zero-order valence-corrected chi connectivity index (χ0v) is 34.9. The molecular weight excluding hydrogens is 876 g/mol. The van der Waals surface area contributed by atoms with Gasteiger partial charge in [-0.05, 0) is 49.1 Å². The molecule has 1 amide bonds. The molecule has 2 aromatic carbocycles. The highest BCUT2D eigenvalue weighted by atomic mass is 31.3. The van der Waals surface area contributed by atoms with Gasteiger partial charge >= 0.3 is 5.69 Å². The van der Waals surface area contributed by atoms with E-state index in [0.717, 1.165) is 16.8 Å². The van der Waals surface area contributed by atoms with E-state index in [-0.39, 0.29) is 46.3 Å². The second kappa shape index (κ2) is 18.1. The van der Waals surface area contributed by atoms with Crippen LogP contribution >= 0.6 is 15.6 Å². The molecule has 0 bridgehead atoms. The van der Waals surface area contributed by atoms with E-state index in [9.17, 15) is 58.8 Å². The van der Waals surface area contributed by atoms with E-state index in [0.29, 0.717) is 17.5 Å². The van der Waals surface area contributed by atoms with Gasteiger partial charge in [-0.25, -0.2) is 24.1 Å². The van der Waals surface area contributed by atoms with Crippen molar-refractivity contribution in [2.45, 2.75) is 69.5 Å². The number of phosphoric acid groups is 2. The lowest BCUT2D eigenvalue weighted by atomic mass is 10.0. The van der Waals surface area contributed by atoms with E-state index < -0.39 is 95.4 Å². The van der Waals surface area contributed by atoms with Crippen LogP contribution in [-0.4, -0.2) is 117 Å². The number of nitrogens with one attached hydrogen (secondary N) is 2. The zero-order chi connectivity index (χ0) is 45.5. The number of carbonyl (C=O) groups excluding carboxylic acids is 1. The summed E-state index contributed by atoms with van der Waals surface area (Å²) in [5.74, 6) is -0.748. The first-order valence-corrected chi connectivity index (χ1v) is 21.9. The molecule has 63 heavy (non-hydrogen) atoms. The number of anilines is 5. The maximum absolute atomic E-state index is 13.9. The third-order valence-electron chi connectivity index (χ3n) is 10.4. The minimum absolute atomic E-state index is 0.00748. The lowest BCUT2D eigenvalue weighted by Crippen LogP contribution is -2.48. The number of benzene rings is 2. The van der Waals surface area contributed by atoms with Crippen molar-refractivity contribution < 1.29 is 67.3 Å². The van der Waals surface area contributed by atoms with Gasteiger partial charge in [0.25, 0.3) is 21.2 Å². The Morgan fingerprint density at radius 2 is 1.63 bits per heavy atom. The minimum atomic E-state index is -5.92. The van der Waals surface area contributed by atoms with E-state index in [1.54, 1.807) is 26.0 Å². The number of nitrogens with two attached hydrogens (primary N) is 1. The standard InChI is InChI=1S/C36H43N9O16P2/c1-17-10-20-21(11-18(17)2)45(25(48)9-8-19-6-4-3-5-7-19)27-33(41-36(53)42-34(27)52)43(20)12-22(46)28(49)23(47)13-58-62(54,55)61-63(56,57)59-14-24-29(50)30(51)35(60-24)44-16-40-26-31(37)38-15-39-32(26)44/h3-7,10-11,15-16,22-24,28-30,35,46-47,49-51H,8-9,12-14H2,1-2H3,(H,54,55)(H,56,57)(H2,37,38,39)(H2,41,42,52,53)/p-2/t22-,23+,24+,28-,29+,30+,35+/m0/s1. The van der Waals surface area contributed by atoms with Crippen molar-refractivity contribution in [3.8, 4) is 0 Å². The quantitative estimate of drug-likeness (QED) is 0.0524. The lowest BCUT2D eigenvalue weighted by Gasteiger charge is -2.40. The summed E-state index contributed by atoms with van der Waals surface area (Å²) < 4.78 is 45.0. The fourth-order valence-corrected chi connectivity index (χ4v) is 9.08. The number of ether oxygens (including phenoxy) is 1. The van der Waals surface area contributed by atoms with Crippen molar-refractivity contribution in [3.05, 3.63) is 92.6 Å². The average Bonchev–Trinajstić information content (AvgIpc) is 3.79. The predicted octanol–water partition coefficient (Wildman–Crippen LogP) is -1.46. The molecule has 2 unspecified atom stereocenters. The number of phosphoric ester groups is 2. The molecular formula is C36H41N9O16P2-2. The number of aryl methyl sites for hydroxylation is 3. The smallest absolute Gasteiger partial charge is 0.327 e. The number of hydrogen-bond donors (Lipinski definition) is 8. The Morgan fingerprint density at radius 1 is 0.952 bits per heavy atom. The molecule has 0 radical (unpaired) electrons. The molecule has 9 N–H and O–H groups in total. The van der Waals surface area contributed by atoms with E-state index in [1.807, 2.05) is 30.3 Å². The number of aliphatic hydroxyl groups excluding tert-OH is 5. The number of H-pyrrole nitrogens is 2. The van der Waals surface area contributed by atoms with Gasteiger partial charge in [0.05, 0.1) is 37.5 Å². The first-order chi connectivity index (χ1) is 29.7. The number of aromatic nitrogens is 6. The first-order valence-electron chi connectivity index (χ1n) is 19.0. The van der Waals surface area contributed by atoms with Gasteiger partial charge in [-0.1, -0.05) is 30.3 Å². The van der Waals surface area contributed by atoms with Gasteiger partial charge in [0.2, 0.25) is 5.91 Å². The van der Waals surface area contributed by atoms with Crippen LogP contribution in [0.1, 0.15) is 29.3 Å². The summed E-state index contributed by atoms with van der Waals surface area (Å²) in [4.78, 5) is 83.8. The number of carbonyl (C=O) groups is 1. The van der Waals surface area contributed by atoms with Crippen LogP contribution in [0.25, 0.3) is 11.2 Å².